The molecule has 3 nitrogen and oxygen atoms in total. The van der Waals surface area contributed by atoms with Crippen molar-refractivity contribution in [3.05, 3.63) is 48.0 Å². The van der Waals surface area contributed by atoms with Crippen molar-refractivity contribution < 1.29 is 4.79 Å². The zero-order valence-electron chi connectivity index (χ0n) is 13.7. The third kappa shape index (κ3) is 3.67. The summed E-state index contributed by atoms with van der Waals surface area (Å²) in [5.41, 5.74) is 6.68. The summed E-state index contributed by atoms with van der Waals surface area (Å²) in [6.45, 7) is 4.52. The molecule has 4 heteroatoms. The van der Waals surface area contributed by atoms with E-state index in [2.05, 4.69) is 36.5 Å². The lowest BCUT2D eigenvalue weighted by molar-refractivity contribution is -0.124. The first-order valence-electron chi connectivity index (χ1n) is 8.04. The van der Waals surface area contributed by atoms with Crippen molar-refractivity contribution >= 4 is 29.1 Å². The van der Waals surface area contributed by atoms with Gasteiger partial charge in [-0.05, 0) is 48.9 Å². The Bertz CT molecular complexity index is 699. The summed E-state index contributed by atoms with van der Waals surface area (Å²) in [6, 6.07) is 14.5. The maximum absolute atomic E-state index is 12.6. The number of hydrogen-bond acceptors (Lipinski definition) is 2. The molecular formula is C19H25ClN2O. The predicted molar refractivity (Wildman–Crippen MR) is 97.9 cm³/mol. The van der Waals surface area contributed by atoms with Gasteiger partial charge in [0, 0.05) is 6.54 Å². The van der Waals surface area contributed by atoms with Gasteiger partial charge in [0.25, 0.3) is 0 Å². The van der Waals surface area contributed by atoms with Gasteiger partial charge in [-0.1, -0.05) is 42.5 Å². The highest BCUT2D eigenvalue weighted by atomic mass is 35.5. The zero-order chi connectivity index (χ0) is 15.7. The lowest BCUT2D eigenvalue weighted by atomic mass is 9.92. The molecule has 23 heavy (non-hydrogen) atoms. The third-order valence-electron chi connectivity index (χ3n) is 4.98. The first kappa shape index (κ1) is 17.8. The van der Waals surface area contributed by atoms with Gasteiger partial charge in [0.1, 0.15) is 0 Å². The molecule has 2 unspecified atom stereocenters. The Kier molecular flexibility index (Phi) is 5.33. The highest BCUT2D eigenvalue weighted by molar-refractivity contribution is 5.88. The maximum atomic E-state index is 12.6. The van der Waals surface area contributed by atoms with Gasteiger partial charge in [-0.3, -0.25) is 4.79 Å². The molecule has 1 aliphatic carbocycles. The Morgan fingerprint density at radius 3 is 2.52 bits per heavy atom. The Morgan fingerprint density at radius 1 is 1.26 bits per heavy atom. The monoisotopic (exact) mass is 332 g/mol. The lowest BCUT2D eigenvalue weighted by Gasteiger charge is -2.31. The summed E-state index contributed by atoms with van der Waals surface area (Å²) in [5, 5.41) is 5.56. The van der Waals surface area contributed by atoms with Gasteiger partial charge >= 0.3 is 0 Å². The molecule has 124 valence electrons. The van der Waals surface area contributed by atoms with Crippen LogP contribution in [-0.4, -0.2) is 18.0 Å². The molecule has 1 saturated carbocycles. The van der Waals surface area contributed by atoms with Gasteiger partial charge in [0.2, 0.25) is 5.91 Å². The van der Waals surface area contributed by atoms with Crippen LogP contribution < -0.4 is 11.1 Å². The molecule has 0 heterocycles. The van der Waals surface area contributed by atoms with Crippen molar-refractivity contribution in [2.24, 2.45) is 11.7 Å². The molecule has 2 aromatic rings. The molecule has 2 atom stereocenters. The van der Waals surface area contributed by atoms with Crippen LogP contribution in [-0.2, 0) is 4.79 Å². The standard InChI is InChI=1S/C19H24N2O.ClH/c1-13(18(22)21-19(2,12-20)17-9-10-17)15-8-7-14-5-3-4-6-16(14)11-15;/h3-8,11,13,17H,9-10,12,20H2,1-2H3,(H,21,22);1H. The molecule has 0 saturated heterocycles. The molecule has 0 bridgehead atoms. The Hall–Kier alpha value is -1.58. The van der Waals surface area contributed by atoms with Gasteiger partial charge in [-0.25, -0.2) is 0 Å². The largest absolute Gasteiger partial charge is 0.349 e. The number of nitrogens with one attached hydrogen (secondary N) is 1. The normalized spacial score (nSPS) is 17.9. The molecule has 1 aliphatic rings. The van der Waals surface area contributed by atoms with Crippen molar-refractivity contribution in [2.45, 2.75) is 38.1 Å². The number of nitrogens with two attached hydrogens (primary N) is 1. The molecule has 3 rings (SSSR count). The van der Waals surface area contributed by atoms with E-state index in [4.69, 9.17) is 5.73 Å². The van der Waals surface area contributed by atoms with E-state index in [-0.39, 0.29) is 29.8 Å². The number of fused-ring (bicyclic) bond motifs is 1. The van der Waals surface area contributed by atoms with E-state index < -0.39 is 0 Å². The smallest absolute Gasteiger partial charge is 0.227 e. The SMILES string of the molecule is CC(C(=O)NC(C)(CN)C1CC1)c1ccc2ccccc2c1.Cl. The number of amides is 1. The second kappa shape index (κ2) is 6.90. The summed E-state index contributed by atoms with van der Waals surface area (Å²) in [6.07, 6.45) is 2.33. The zero-order valence-corrected chi connectivity index (χ0v) is 14.5. The number of halogens is 1. The Morgan fingerprint density at radius 2 is 1.91 bits per heavy atom. The van der Waals surface area contributed by atoms with E-state index in [1.54, 1.807) is 0 Å². The second-order valence-electron chi connectivity index (χ2n) is 6.71. The molecule has 1 fully saturated rings. The van der Waals surface area contributed by atoms with Gasteiger partial charge in [-0.2, -0.15) is 0 Å². The van der Waals surface area contributed by atoms with E-state index in [0.29, 0.717) is 12.5 Å². The van der Waals surface area contributed by atoms with Crippen LogP contribution in [0, 0.1) is 5.92 Å². The maximum Gasteiger partial charge on any atom is 0.227 e. The van der Waals surface area contributed by atoms with Crippen molar-refractivity contribution in [1.82, 2.24) is 5.32 Å². The van der Waals surface area contributed by atoms with Crippen molar-refractivity contribution in [2.75, 3.05) is 6.54 Å². The quantitative estimate of drug-likeness (QED) is 0.878. The highest BCUT2D eigenvalue weighted by Gasteiger charge is 2.42. The summed E-state index contributed by atoms with van der Waals surface area (Å²) < 4.78 is 0. The van der Waals surface area contributed by atoms with Crippen molar-refractivity contribution in [1.29, 1.82) is 0 Å². The van der Waals surface area contributed by atoms with Gasteiger partial charge < -0.3 is 11.1 Å². The summed E-state index contributed by atoms with van der Waals surface area (Å²) in [7, 11) is 0. The van der Waals surface area contributed by atoms with E-state index >= 15 is 0 Å². The molecule has 0 aromatic heterocycles. The number of hydrogen-bond donors (Lipinski definition) is 2. The minimum absolute atomic E-state index is 0. The van der Waals surface area contributed by atoms with Gasteiger partial charge in [0.05, 0.1) is 11.5 Å². The molecule has 2 aromatic carbocycles. The molecule has 1 amide bonds. The fourth-order valence-corrected chi connectivity index (χ4v) is 3.06. The van der Waals surface area contributed by atoms with Gasteiger partial charge in [0.15, 0.2) is 0 Å². The molecular weight excluding hydrogens is 308 g/mol. The van der Waals surface area contributed by atoms with Crippen molar-refractivity contribution in [3.8, 4) is 0 Å². The van der Waals surface area contributed by atoms with Crippen molar-refractivity contribution in [3.63, 3.8) is 0 Å². The minimum Gasteiger partial charge on any atom is -0.349 e. The van der Waals surface area contributed by atoms with Crippen LogP contribution in [0.15, 0.2) is 42.5 Å². The molecule has 0 spiro atoms. The number of carbonyl (C=O) groups excluding carboxylic acids is 1. The lowest BCUT2D eigenvalue weighted by Crippen LogP contribution is -2.54. The Balaban J connectivity index is 0.00000192. The first-order chi connectivity index (χ1) is 10.5. The summed E-state index contributed by atoms with van der Waals surface area (Å²) in [5.74, 6) is 0.426. The highest BCUT2D eigenvalue weighted by Crippen LogP contribution is 2.39. The molecule has 3 N–H and O–H groups in total. The van der Waals surface area contributed by atoms with Crippen LogP contribution in [0.25, 0.3) is 10.8 Å². The third-order valence-corrected chi connectivity index (χ3v) is 4.98. The van der Waals surface area contributed by atoms with E-state index in [1.165, 1.54) is 23.6 Å². The van der Waals surface area contributed by atoms with Crippen LogP contribution in [0.1, 0.15) is 38.2 Å². The van der Waals surface area contributed by atoms with Gasteiger partial charge in [-0.15, -0.1) is 12.4 Å². The number of rotatable bonds is 5. The topological polar surface area (TPSA) is 55.1 Å². The van der Waals surface area contributed by atoms with E-state index in [0.717, 1.165) is 5.56 Å². The van der Waals surface area contributed by atoms with Crippen LogP contribution in [0.2, 0.25) is 0 Å². The van der Waals surface area contributed by atoms with Crippen LogP contribution in [0.4, 0.5) is 0 Å². The van der Waals surface area contributed by atoms with E-state index in [1.807, 2.05) is 25.1 Å². The fourth-order valence-electron chi connectivity index (χ4n) is 3.06. The molecule has 0 radical (unpaired) electrons. The fraction of sp³-hybridized carbons (Fsp3) is 0.421. The van der Waals surface area contributed by atoms with Crippen LogP contribution >= 0.6 is 12.4 Å². The first-order valence-corrected chi connectivity index (χ1v) is 8.04. The minimum atomic E-state index is -0.262. The summed E-state index contributed by atoms with van der Waals surface area (Å²) >= 11 is 0. The van der Waals surface area contributed by atoms with Crippen LogP contribution in [0.5, 0.6) is 0 Å². The Labute approximate surface area is 144 Å². The average molecular weight is 333 g/mol. The number of carbonyl (C=O) groups is 1. The number of benzene rings is 2. The predicted octanol–water partition coefficient (Wildman–Crippen LogP) is 3.61. The van der Waals surface area contributed by atoms with E-state index in [9.17, 15) is 4.79 Å². The molecule has 0 aliphatic heterocycles. The van der Waals surface area contributed by atoms with Crippen LogP contribution in [0.3, 0.4) is 0 Å². The average Bonchev–Trinajstić information content (AvgIpc) is 3.38. The second-order valence-corrected chi connectivity index (χ2v) is 6.71. The summed E-state index contributed by atoms with van der Waals surface area (Å²) in [4.78, 5) is 12.6.